The Labute approximate surface area is 244 Å². The number of nitrogens with one attached hydrogen (secondary N) is 1. The van der Waals surface area contributed by atoms with Gasteiger partial charge in [-0.15, -0.1) is 0 Å². The van der Waals surface area contributed by atoms with Crippen LogP contribution in [0.5, 0.6) is 0 Å². The molecular weight excluding hydrogens is 593 g/mol. The van der Waals surface area contributed by atoms with Crippen LogP contribution >= 0.6 is 11.6 Å². The van der Waals surface area contributed by atoms with Crippen molar-refractivity contribution in [2.75, 3.05) is 5.32 Å². The van der Waals surface area contributed by atoms with E-state index in [1.165, 1.54) is 12.1 Å². The van der Waals surface area contributed by atoms with Crippen molar-refractivity contribution in [2.45, 2.75) is 41.4 Å². The minimum Gasteiger partial charge on any atom is -0.383 e. The number of sulfone groups is 1. The summed E-state index contributed by atoms with van der Waals surface area (Å²) in [5.74, 6) is -5.84. The van der Waals surface area contributed by atoms with Crippen molar-refractivity contribution in [1.29, 1.82) is 0 Å². The van der Waals surface area contributed by atoms with Gasteiger partial charge in [0, 0.05) is 35.0 Å². The highest BCUT2D eigenvalue weighted by atomic mass is 35.5. The lowest BCUT2D eigenvalue weighted by molar-refractivity contribution is -0.0298. The highest BCUT2D eigenvalue weighted by Gasteiger charge is 2.55. The van der Waals surface area contributed by atoms with E-state index in [0.717, 1.165) is 11.6 Å². The van der Waals surface area contributed by atoms with Gasteiger partial charge in [0.15, 0.2) is 33.0 Å². The normalized spacial score (nSPS) is 23.6. The van der Waals surface area contributed by atoms with Crippen LogP contribution in [-0.4, -0.2) is 29.8 Å². The van der Waals surface area contributed by atoms with E-state index in [2.05, 4.69) is 10.5 Å². The molecule has 0 aliphatic heterocycles. The molecule has 42 heavy (non-hydrogen) atoms. The average Bonchev–Trinajstić information content (AvgIpc) is 3.57. The van der Waals surface area contributed by atoms with Crippen molar-refractivity contribution < 1.29 is 36.0 Å². The predicted molar refractivity (Wildman–Crippen MR) is 148 cm³/mol. The Hall–Kier alpha value is -3.67. The SMILES string of the molecule is O=C(Nc1cc(F)c(F)c(F)c1)c1ccc(Cl)c(S(=O)(=O)C2C3CC[C@H]2CC(O)(c2cc(-c4ccccc4)on2)C3)c1. The zero-order valence-electron chi connectivity index (χ0n) is 21.9. The van der Waals surface area contributed by atoms with Gasteiger partial charge in [-0.2, -0.15) is 0 Å². The first kappa shape index (κ1) is 28.4. The molecule has 218 valence electrons. The van der Waals surface area contributed by atoms with Crippen molar-refractivity contribution >= 4 is 33.0 Å². The third kappa shape index (κ3) is 4.99. The van der Waals surface area contributed by atoms with E-state index >= 15 is 0 Å². The average molecular weight is 617 g/mol. The summed E-state index contributed by atoms with van der Waals surface area (Å²) in [6, 6.07) is 15.9. The van der Waals surface area contributed by atoms with Crippen LogP contribution in [-0.2, 0) is 15.4 Å². The first-order valence-corrected chi connectivity index (χ1v) is 15.1. The molecule has 3 aromatic carbocycles. The van der Waals surface area contributed by atoms with Crippen LogP contribution in [0.4, 0.5) is 18.9 Å². The number of benzene rings is 3. The second kappa shape index (κ2) is 10.6. The van der Waals surface area contributed by atoms with Crippen LogP contribution in [0.1, 0.15) is 41.7 Å². The summed E-state index contributed by atoms with van der Waals surface area (Å²) in [5, 5.41) is 17.1. The van der Waals surface area contributed by atoms with Gasteiger partial charge in [0.05, 0.1) is 15.2 Å². The van der Waals surface area contributed by atoms with Crippen molar-refractivity contribution in [3.8, 4) is 11.3 Å². The highest BCUT2D eigenvalue weighted by molar-refractivity contribution is 7.92. The number of aromatic nitrogens is 1. The van der Waals surface area contributed by atoms with Crippen LogP contribution in [0.3, 0.4) is 0 Å². The van der Waals surface area contributed by atoms with E-state index < -0.39 is 55.9 Å². The molecule has 1 aromatic heterocycles. The summed E-state index contributed by atoms with van der Waals surface area (Å²) in [6.45, 7) is 0. The molecule has 0 saturated heterocycles. The van der Waals surface area contributed by atoms with E-state index in [1.54, 1.807) is 6.07 Å². The number of anilines is 1. The summed E-state index contributed by atoms with van der Waals surface area (Å²) in [6.07, 6.45) is 1.43. The number of rotatable bonds is 6. The van der Waals surface area contributed by atoms with Gasteiger partial charge in [-0.1, -0.05) is 47.1 Å². The zero-order chi connectivity index (χ0) is 29.8. The second-order valence-electron chi connectivity index (χ2n) is 10.8. The topological polar surface area (TPSA) is 110 Å². The summed E-state index contributed by atoms with van der Waals surface area (Å²) < 4.78 is 74.0. The number of nitrogens with zero attached hydrogens (tertiary/aromatic N) is 1. The van der Waals surface area contributed by atoms with E-state index in [1.807, 2.05) is 30.3 Å². The smallest absolute Gasteiger partial charge is 0.255 e. The van der Waals surface area contributed by atoms with Crippen molar-refractivity contribution in [3.63, 3.8) is 0 Å². The van der Waals surface area contributed by atoms with Crippen LogP contribution in [0.25, 0.3) is 11.3 Å². The molecule has 3 unspecified atom stereocenters. The Kier molecular flexibility index (Phi) is 7.15. The number of carbonyl (C=O) groups excluding carboxylic acids is 1. The molecule has 4 atom stereocenters. The van der Waals surface area contributed by atoms with Gasteiger partial charge in [-0.3, -0.25) is 4.79 Å². The second-order valence-corrected chi connectivity index (χ2v) is 13.3. The van der Waals surface area contributed by atoms with E-state index in [9.17, 15) is 31.5 Å². The lowest BCUT2D eigenvalue weighted by Crippen LogP contribution is -2.44. The third-order valence-corrected chi connectivity index (χ3v) is 11.1. The third-order valence-electron chi connectivity index (χ3n) is 8.18. The van der Waals surface area contributed by atoms with Gasteiger partial charge in [0.1, 0.15) is 11.3 Å². The summed E-state index contributed by atoms with van der Waals surface area (Å²) >= 11 is 6.33. The number of aliphatic hydroxyl groups is 1. The Morgan fingerprint density at radius 3 is 2.26 bits per heavy atom. The molecule has 1 amide bonds. The molecule has 2 aliphatic rings. The van der Waals surface area contributed by atoms with Gasteiger partial charge in [-0.05, 0) is 55.7 Å². The van der Waals surface area contributed by atoms with Gasteiger partial charge in [-0.25, -0.2) is 21.6 Å². The number of halogens is 4. The van der Waals surface area contributed by atoms with Gasteiger partial charge in [0.2, 0.25) is 0 Å². The Bertz CT molecular complexity index is 1760. The Morgan fingerprint density at radius 2 is 1.62 bits per heavy atom. The Morgan fingerprint density at radius 1 is 0.976 bits per heavy atom. The van der Waals surface area contributed by atoms with Crippen LogP contribution in [0, 0.1) is 29.3 Å². The largest absolute Gasteiger partial charge is 0.383 e. The molecule has 4 aromatic rings. The number of amides is 1. The van der Waals surface area contributed by atoms with E-state index in [4.69, 9.17) is 16.1 Å². The minimum atomic E-state index is -4.08. The van der Waals surface area contributed by atoms with Crippen LogP contribution in [0.15, 0.2) is 76.1 Å². The highest BCUT2D eigenvalue weighted by Crippen LogP contribution is 2.54. The van der Waals surface area contributed by atoms with Gasteiger partial charge in [0.25, 0.3) is 5.91 Å². The van der Waals surface area contributed by atoms with Crippen LogP contribution in [0.2, 0.25) is 5.02 Å². The number of hydrogen-bond donors (Lipinski definition) is 2. The number of fused-ring (bicyclic) bond motifs is 2. The standard InChI is InChI=1S/C30H24ClF3N2O5S/c31-21-9-8-17(29(37)35-20-11-22(32)27(34)23(33)12-20)10-25(21)42(39,40)28-18-6-7-19(28)15-30(38,14-18)26-13-24(41-36-26)16-4-2-1-3-5-16/h1-5,8-13,18-19,28,38H,6-7,14-15H2,(H,35,37)/t18-,19?,28?,30?/m0/s1. The predicted octanol–water partition coefficient (Wildman–Crippen LogP) is 6.51. The first-order chi connectivity index (χ1) is 20.0. The van der Waals surface area contributed by atoms with Crippen LogP contribution < -0.4 is 5.32 Å². The molecule has 7 nitrogen and oxygen atoms in total. The maximum Gasteiger partial charge on any atom is 0.255 e. The maximum atomic E-state index is 14.0. The molecule has 1 heterocycles. The molecule has 2 saturated carbocycles. The lowest BCUT2D eigenvalue weighted by Gasteiger charge is -2.39. The summed E-state index contributed by atoms with van der Waals surface area (Å²) in [4.78, 5) is 12.6. The monoisotopic (exact) mass is 616 g/mol. The Balaban J connectivity index is 1.25. The fourth-order valence-electron chi connectivity index (χ4n) is 6.32. The number of carbonyl (C=O) groups is 1. The van der Waals surface area contributed by atoms with Gasteiger partial charge >= 0.3 is 0 Å². The quantitative estimate of drug-likeness (QED) is 0.239. The fraction of sp³-hybridized carbons (Fsp3) is 0.267. The van der Waals surface area contributed by atoms with Crippen molar-refractivity contribution in [1.82, 2.24) is 5.16 Å². The molecular formula is C30H24ClF3N2O5S. The minimum absolute atomic E-state index is 0.0883. The molecule has 12 heteroatoms. The number of hydrogen-bond acceptors (Lipinski definition) is 6. The molecule has 0 radical (unpaired) electrons. The fourth-order valence-corrected chi connectivity index (χ4v) is 9.16. The van der Waals surface area contributed by atoms with Crippen molar-refractivity contribution in [2.24, 2.45) is 11.8 Å². The first-order valence-electron chi connectivity index (χ1n) is 13.2. The molecule has 2 aliphatic carbocycles. The maximum absolute atomic E-state index is 14.0. The van der Waals surface area contributed by atoms with E-state index in [-0.39, 0.29) is 34.0 Å². The zero-order valence-corrected chi connectivity index (χ0v) is 23.4. The van der Waals surface area contributed by atoms with Crippen molar-refractivity contribution in [3.05, 3.63) is 100 Å². The molecule has 2 fully saturated rings. The summed E-state index contributed by atoms with van der Waals surface area (Å²) in [7, 11) is -4.08. The lowest BCUT2D eigenvalue weighted by atomic mass is 9.75. The van der Waals surface area contributed by atoms with Gasteiger partial charge < -0.3 is 14.9 Å². The molecule has 6 rings (SSSR count). The molecule has 0 spiro atoms. The molecule has 2 N–H and O–H groups in total. The summed E-state index contributed by atoms with van der Waals surface area (Å²) in [5.41, 5.74) is -0.700. The molecule has 2 bridgehead atoms. The van der Waals surface area contributed by atoms with E-state index in [0.29, 0.717) is 36.4 Å².